The Labute approximate surface area is 120 Å². The van der Waals surface area contributed by atoms with Gasteiger partial charge in [-0.05, 0) is 29.0 Å². The molecule has 1 aromatic carbocycles. The van der Waals surface area contributed by atoms with E-state index in [-0.39, 0.29) is 28.3 Å². The molecule has 1 rings (SSSR count). The van der Waals surface area contributed by atoms with Gasteiger partial charge >= 0.3 is 0 Å². The van der Waals surface area contributed by atoms with Crippen molar-refractivity contribution in [3.63, 3.8) is 0 Å². The number of aliphatic hydroxyl groups is 1. The smallest absolute Gasteiger partial charge is 0.241 e. The Bertz CT molecular complexity index is 568. The number of hydrogen-bond acceptors (Lipinski definition) is 3. The fraction of sp³-hybridized carbons (Fsp3) is 0.571. The van der Waals surface area contributed by atoms with Crippen LogP contribution in [0.25, 0.3) is 0 Å². The third kappa shape index (κ3) is 4.01. The number of aliphatic hydroxyl groups excluding tert-OH is 1. The summed E-state index contributed by atoms with van der Waals surface area (Å²) in [5, 5.41) is 9.17. The lowest BCUT2D eigenvalue weighted by atomic mass is 9.81. The van der Waals surface area contributed by atoms with Crippen LogP contribution >= 0.6 is 0 Å². The molecule has 0 aliphatic heterocycles. The van der Waals surface area contributed by atoms with Crippen molar-refractivity contribution < 1.29 is 17.9 Å². The van der Waals surface area contributed by atoms with Crippen molar-refractivity contribution in [3.05, 3.63) is 29.6 Å². The molecule has 0 saturated carbocycles. The van der Waals surface area contributed by atoms with Gasteiger partial charge in [-0.1, -0.05) is 33.8 Å². The van der Waals surface area contributed by atoms with E-state index in [1.807, 2.05) is 27.7 Å². The van der Waals surface area contributed by atoms with E-state index in [1.165, 1.54) is 6.07 Å². The van der Waals surface area contributed by atoms with Crippen molar-refractivity contribution in [2.75, 3.05) is 6.54 Å². The first-order valence-electron chi connectivity index (χ1n) is 6.49. The van der Waals surface area contributed by atoms with Crippen molar-refractivity contribution in [2.24, 2.45) is 11.3 Å². The molecular weight excluding hydrogens is 281 g/mol. The van der Waals surface area contributed by atoms with Crippen molar-refractivity contribution in [2.45, 2.75) is 39.2 Å². The third-order valence-electron chi connectivity index (χ3n) is 3.77. The minimum atomic E-state index is -3.84. The van der Waals surface area contributed by atoms with Crippen LogP contribution in [0, 0.1) is 17.2 Å². The van der Waals surface area contributed by atoms with Crippen molar-refractivity contribution in [3.8, 4) is 0 Å². The number of sulfonamides is 1. The molecule has 6 heteroatoms. The van der Waals surface area contributed by atoms with Crippen LogP contribution in [0.15, 0.2) is 23.1 Å². The van der Waals surface area contributed by atoms with Gasteiger partial charge in [0.05, 0.1) is 11.5 Å². The van der Waals surface area contributed by atoms with Gasteiger partial charge in [-0.2, -0.15) is 0 Å². The van der Waals surface area contributed by atoms with Gasteiger partial charge in [-0.15, -0.1) is 0 Å². The summed E-state index contributed by atoms with van der Waals surface area (Å²) < 4.78 is 40.2. The van der Waals surface area contributed by atoms with Gasteiger partial charge < -0.3 is 5.11 Å². The van der Waals surface area contributed by atoms with Crippen LogP contribution in [0.4, 0.5) is 4.39 Å². The fourth-order valence-electron chi connectivity index (χ4n) is 1.47. The molecule has 2 N–H and O–H groups in total. The molecule has 0 heterocycles. The Kier molecular flexibility index (Phi) is 5.29. The summed E-state index contributed by atoms with van der Waals surface area (Å²) in [6.45, 7) is 7.72. The summed E-state index contributed by atoms with van der Waals surface area (Å²) >= 11 is 0. The molecule has 114 valence electrons. The molecule has 0 atom stereocenters. The molecular formula is C14H22FNO3S. The lowest BCUT2D eigenvalue weighted by Crippen LogP contribution is -2.37. The summed E-state index contributed by atoms with van der Waals surface area (Å²) in [6.07, 6.45) is 0. The van der Waals surface area contributed by atoms with Gasteiger partial charge in [0, 0.05) is 6.54 Å². The number of benzene rings is 1. The van der Waals surface area contributed by atoms with Gasteiger partial charge in [0.25, 0.3) is 0 Å². The number of halogens is 1. The average molecular weight is 303 g/mol. The second kappa shape index (κ2) is 6.20. The fourth-order valence-corrected chi connectivity index (χ4v) is 2.94. The summed E-state index contributed by atoms with van der Waals surface area (Å²) in [6, 6.07) is 3.33. The molecule has 0 bridgehead atoms. The summed E-state index contributed by atoms with van der Waals surface area (Å²) in [5.41, 5.74) is -0.0407. The minimum absolute atomic E-state index is 0.182. The predicted molar refractivity (Wildman–Crippen MR) is 76.1 cm³/mol. The zero-order valence-corrected chi connectivity index (χ0v) is 13.1. The van der Waals surface area contributed by atoms with E-state index in [2.05, 4.69) is 4.72 Å². The van der Waals surface area contributed by atoms with Crippen molar-refractivity contribution in [1.29, 1.82) is 0 Å². The van der Waals surface area contributed by atoms with Gasteiger partial charge in [-0.3, -0.25) is 0 Å². The van der Waals surface area contributed by atoms with Crippen LogP contribution in [-0.4, -0.2) is 20.1 Å². The van der Waals surface area contributed by atoms with E-state index >= 15 is 0 Å². The van der Waals surface area contributed by atoms with Crippen LogP contribution < -0.4 is 4.72 Å². The van der Waals surface area contributed by atoms with E-state index in [1.54, 1.807) is 0 Å². The molecule has 1 aromatic rings. The van der Waals surface area contributed by atoms with E-state index < -0.39 is 22.4 Å². The third-order valence-corrected chi connectivity index (χ3v) is 5.25. The van der Waals surface area contributed by atoms with Crippen molar-refractivity contribution in [1.82, 2.24) is 4.72 Å². The normalized spacial score (nSPS) is 12.9. The molecule has 0 amide bonds. The lowest BCUT2D eigenvalue weighted by Gasteiger charge is -2.29. The Balaban J connectivity index is 3.03. The molecule has 0 spiro atoms. The maximum Gasteiger partial charge on any atom is 0.241 e. The molecule has 0 unspecified atom stereocenters. The first-order valence-corrected chi connectivity index (χ1v) is 7.97. The molecule has 4 nitrogen and oxygen atoms in total. The van der Waals surface area contributed by atoms with Crippen LogP contribution in [0.5, 0.6) is 0 Å². The SMILES string of the molecule is CC(C)C(C)(C)CNS(=O)(=O)c1cc(F)ccc1CO. The van der Waals surface area contributed by atoms with Gasteiger partial charge in [-0.25, -0.2) is 17.5 Å². The Morgan fingerprint density at radius 3 is 2.45 bits per heavy atom. The summed E-state index contributed by atoms with van der Waals surface area (Å²) in [4.78, 5) is -0.209. The highest BCUT2D eigenvalue weighted by Gasteiger charge is 2.26. The van der Waals surface area contributed by atoms with Gasteiger partial charge in [0.15, 0.2) is 0 Å². The maximum atomic E-state index is 13.2. The number of rotatable bonds is 6. The molecule has 0 radical (unpaired) electrons. The largest absolute Gasteiger partial charge is 0.392 e. The highest BCUT2D eigenvalue weighted by molar-refractivity contribution is 7.89. The molecule has 20 heavy (non-hydrogen) atoms. The second-order valence-electron chi connectivity index (χ2n) is 5.88. The maximum absolute atomic E-state index is 13.2. The Morgan fingerprint density at radius 1 is 1.35 bits per heavy atom. The van der Waals surface area contributed by atoms with E-state index in [4.69, 9.17) is 0 Å². The van der Waals surface area contributed by atoms with Crippen LogP contribution in [0.1, 0.15) is 33.3 Å². The van der Waals surface area contributed by atoms with Crippen LogP contribution in [0.3, 0.4) is 0 Å². The number of hydrogen-bond donors (Lipinski definition) is 2. The molecule has 0 aromatic heterocycles. The first kappa shape index (κ1) is 17.1. The van der Waals surface area contributed by atoms with Gasteiger partial charge in [0.2, 0.25) is 10.0 Å². The van der Waals surface area contributed by atoms with E-state index in [9.17, 15) is 17.9 Å². The molecule has 0 fully saturated rings. The lowest BCUT2D eigenvalue weighted by molar-refractivity contribution is 0.252. The highest BCUT2D eigenvalue weighted by atomic mass is 32.2. The molecule has 0 aliphatic carbocycles. The van der Waals surface area contributed by atoms with Crippen LogP contribution in [0.2, 0.25) is 0 Å². The molecule has 0 aliphatic rings. The summed E-state index contributed by atoms with van der Waals surface area (Å²) in [5.74, 6) is -0.360. The van der Waals surface area contributed by atoms with E-state index in [0.717, 1.165) is 12.1 Å². The zero-order valence-electron chi connectivity index (χ0n) is 12.3. The standard InChI is InChI=1S/C14H22FNO3S/c1-10(2)14(3,4)9-16-20(18,19)13-7-12(15)6-5-11(13)8-17/h5-7,10,16-17H,8-9H2,1-4H3. The summed E-state index contributed by atoms with van der Waals surface area (Å²) in [7, 11) is -3.84. The average Bonchev–Trinajstić information content (AvgIpc) is 2.36. The van der Waals surface area contributed by atoms with Gasteiger partial charge in [0.1, 0.15) is 5.82 Å². The van der Waals surface area contributed by atoms with E-state index in [0.29, 0.717) is 0 Å². The minimum Gasteiger partial charge on any atom is -0.392 e. The topological polar surface area (TPSA) is 66.4 Å². The number of nitrogens with one attached hydrogen (secondary N) is 1. The monoisotopic (exact) mass is 303 g/mol. The first-order chi connectivity index (χ1) is 9.10. The zero-order chi connectivity index (χ0) is 15.6. The highest BCUT2D eigenvalue weighted by Crippen LogP contribution is 2.26. The quantitative estimate of drug-likeness (QED) is 0.847. The molecule has 0 saturated heterocycles. The predicted octanol–water partition coefficient (Wildman–Crippen LogP) is 2.28. The van der Waals surface area contributed by atoms with Crippen molar-refractivity contribution >= 4 is 10.0 Å². The Hall–Kier alpha value is -0.980. The Morgan fingerprint density at radius 2 is 1.95 bits per heavy atom. The second-order valence-corrected chi connectivity index (χ2v) is 7.61. The van der Waals surface area contributed by atoms with Crippen LogP contribution in [-0.2, 0) is 16.6 Å².